The number of rotatable bonds is 8. The van der Waals surface area contributed by atoms with Gasteiger partial charge in [0.15, 0.2) is 0 Å². The minimum absolute atomic E-state index is 0.666. The molecular formula is C24H40N2. The topological polar surface area (TPSA) is 25.8 Å². The van der Waals surface area contributed by atoms with Crippen LogP contribution in [0.2, 0.25) is 0 Å². The molecule has 0 amide bonds. The van der Waals surface area contributed by atoms with Gasteiger partial charge in [-0.2, -0.15) is 10.2 Å². The SMILES string of the molecule is CCCCCC1CCC(c2ccc(C3CCC(CCC)CC3)nn2)CC1. The maximum atomic E-state index is 4.68. The molecule has 2 saturated carbocycles. The van der Waals surface area contributed by atoms with E-state index in [2.05, 4.69) is 36.2 Å². The molecule has 0 spiro atoms. The van der Waals surface area contributed by atoms with Gasteiger partial charge >= 0.3 is 0 Å². The lowest BCUT2D eigenvalue weighted by atomic mass is 9.77. The van der Waals surface area contributed by atoms with E-state index in [4.69, 9.17) is 0 Å². The van der Waals surface area contributed by atoms with E-state index in [1.807, 2.05) is 0 Å². The fourth-order valence-electron chi connectivity index (χ4n) is 5.37. The Morgan fingerprint density at radius 2 is 1.15 bits per heavy atom. The van der Waals surface area contributed by atoms with E-state index in [1.54, 1.807) is 0 Å². The molecule has 0 aliphatic heterocycles. The second-order valence-corrected chi connectivity index (χ2v) is 9.10. The summed E-state index contributed by atoms with van der Waals surface area (Å²) >= 11 is 0. The van der Waals surface area contributed by atoms with Gasteiger partial charge in [-0.05, 0) is 75.3 Å². The first-order chi connectivity index (χ1) is 12.8. The van der Waals surface area contributed by atoms with Gasteiger partial charge in [-0.15, -0.1) is 0 Å². The Kier molecular flexibility index (Phi) is 7.95. The minimum atomic E-state index is 0.666. The van der Waals surface area contributed by atoms with E-state index in [1.165, 1.54) is 101 Å². The van der Waals surface area contributed by atoms with Gasteiger partial charge in [0.1, 0.15) is 0 Å². The van der Waals surface area contributed by atoms with Crippen molar-refractivity contribution >= 4 is 0 Å². The average molecular weight is 357 g/mol. The van der Waals surface area contributed by atoms with Gasteiger partial charge in [0.25, 0.3) is 0 Å². The molecule has 146 valence electrons. The molecule has 0 unspecified atom stereocenters. The summed E-state index contributed by atoms with van der Waals surface area (Å²) in [6.45, 7) is 4.62. The minimum Gasteiger partial charge on any atom is -0.155 e. The standard InChI is InChI=1S/C24H40N2/c1-3-5-6-8-20-11-15-22(16-12-20)24-18-17-23(25-26-24)21-13-9-19(7-4-2)10-14-21/h17-22H,3-16H2,1-2H3. The van der Waals surface area contributed by atoms with E-state index >= 15 is 0 Å². The molecule has 2 nitrogen and oxygen atoms in total. The van der Waals surface area contributed by atoms with E-state index in [0.717, 1.165) is 11.8 Å². The predicted molar refractivity (Wildman–Crippen MR) is 110 cm³/mol. The Balaban J connectivity index is 1.45. The van der Waals surface area contributed by atoms with Gasteiger partial charge in [-0.3, -0.25) is 0 Å². The molecule has 2 aliphatic carbocycles. The molecule has 2 aliphatic rings. The highest BCUT2D eigenvalue weighted by Gasteiger charge is 2.25. The van der Waals surface area contributed by atoms with Crippen LogP contribution in [-0.4, -0.2) is 10.2 Å². The van der Waals surface area contributed by atoms with Crippen molar-refractivity contribution in [2.24, 2.45) is 11.8 Å². The quantitative estimate of drug-likeness (QED) is 0.453. The van der Waals surface area contributed by atoms with Crippen LogP contribution in [0.4, 0.5) is 0 Å². The largest absolute Gasteiger partial charge is 0.155 e. The van der Waals surface area contributed by atoms with Crippen LogP contribution in [-0.2, 0) is 0 Å². The molecule has 0 aromatic carbocycles. The lowest BCUT2D eigenvalue weighted by molar-refractivity contribution is 0.296. The molecule has 0 saturated heterocycles. The number of aromatic nitrogens is 2. The van der Waals surface area contributed by atoms with Gasteiger partial charge in [0, 0.05) is 11.8 Å². The van der Waals surface area contributed by atoms with Crippen molar-refractivity contribution in [2.75, 3.05) is 0 Å². The maximum Gasteiger partial charge on any atom is 0.0662 e. The first kappa shape index (κ1) is 19.8. The summed E-state index contributed by atoms with van der Waals surface area (Å²) in [4.78, 5) is 0. The summed E-state index contributed by atoms with van der Waals surface area (Å²) in [5, 5.41) is 9.36. The molecule has 0 N–H and O–H groups in total. The Morgan fingerprint density at radius 1 is 0.654 bits per heavy atom. The number of unbranched alkanes of at least 4 members (excludes halogenated alkanes) is 2. The zero-order valence-electron chi connectivity index (χ0n) is 17.3. The second-order valence-electron chi connectivity index (χ2n) is 9.10. The molecule has 1 heterocycles. The predicted octanol–water partition coefficient (Wildman–Crippen LogP) is 7.40. The smallest absolute Gasteiger partial charge is 0.0662 e. The zero-order chi connectivity index (χ0) is 18.2. The monoisotopic (exact) mass is 356 g/mol. The second kappa shape index (κ2) is 10.4. The van der Waals surface area contributed by atoms with Crippen LogP contribution in [0.15, 0.2) is 12.1 Å². The third-order valence-corrected chi connectivity index (χ3v) is 7.15. The van der Waals surface area contributed by atoms with Crippen molar-refractivity contribution in [3.63, 3.8) is 0 Å². The van der Waals surface area contributed by atoms with Crippen molar-refractivity contribution < 1.29 is 0 Å². The number of hydrogen-bond acceptors (Lipinski definition) is 2. The maximum absolute atomic E-state index is 4.68. The molecule has 2 heteroatoms. The fourth-order valence-corrected chi connectivity index (χ4v) is 5.37. The van der Waals surface area contributed by atoms with Crippen LogP contribution in [0.3, 0.4) is 0 Å². The van der Waals surface area contributed by atoms with Crippen LogP contribution in [0.5, 0.6) is 0 Å². The first-order valence-corrected chi connectivity index (χ1v) is 11.6. The van der Waals surface area contributed by atoms with Gasteiger partial charge in [-0.1, -0.05) is 52.4 Å². The molecule has 3 rings (SSSR count). The average Bonchev–Trinajstić information content (AvgIpc) is 2.70. The zero-order valence-corrected chi connectivity index (χ0v) is 17.3. The molecule has 1 aromatic rings. The van der Waals surface area contributed by atoms with Crippen molar-refractivity contribution in [1.82, 2.24) is 10.2 Å². The van der Waals surface area contributed by atoms with Crippen molar-refractivity contribution in [3.05, 3.63) is 23.5 Å². The van der Waals surface area contributed by atoms with Crippen molar-refractivity contribution in [1.29, 1.82) is 0 Å². The van der Waals surface area contributed by atoms with E-state index < -0.39 is 0 Å². The highest BCUT2D eigenvalue weighted by Crippen LogP contribution is 2.39. The van der Waals surface area contributed by atoms with Crippen LogP contribution in [0.25, 0.3) is 0 Å². The molecule has 0 bridgehead atoms. The highest BCUT2D eigenvalue weighted by molar-refractivity contribution is 5.15. The van der Waals surface area contributed by atoms with E-state index in [9.17, 15) is 0 Å². The summed E-state index contributed by atoms with van der Waals surface area (Å²) in [6.07, 6.45) is 19.3. The lowest BCUT2D eigenvalue weighted by Crippen LogP contribution is -2.17. The molecule has 0 radical (unpaired) electrons. The fraction of sp³-hybridized carbons (Fsp3) is 0.833. The van der Waals surface area contributed by atoms with Crippen molar-refractivity contribution in [3.8, 4) is 0 Å². The Hall–Kier alpha value is -0.920. The van der Waals surface area contributed by atoms with Gasteiger partial charge in [0.05, 0.1) is 11.4 Å². The van der Waals surface area contributed by atoms with Gasteiger partial charge < -0.3 is 0 Å². The molecule has 1 aromatic heterocycles. The van der Waals surface area contributed by atoms with Crippen LogP contribution < -0.4 is 0 Å². The molecule has 26 heavy (non-hydrogen) atoms. The first-order valence-electron chi connectivity index (χ1n) is 11.6. The molecule has 0 atom stereocenters. The Morgan fingerprint density at radius 3 is 1.58 bits per heavy atom. The van der Waals surface area contributed by atoms with Gasteiger partial charge in [-0.25, -0.2) is 0 Å². The van der Waals surface area contributed by atoms with Crippen molar-refractivity contribution in [2.45, 2.75) is 116 Å². The Bertz CT molecular complexity index is 493. The van der Waals surface area contributed by atoms with E-state index in [0.29, 0.717) is 11.8 Å². The third-order valence-electron chi connectivity index (χ3n) is 7.15. The summed E-state index contributed by atoms with van der Waals surface area (Å²) in [5.74, 6) is 3.28. The lowest BCUT2D eigenvalue weighted by Gasteiger charge is -2.29. The summed E-state index contributed by atoms with van der Waals surface area (Å²) < 4.78 is 0. The number of nitrogens with zero attached hydrogens (tertiary/aromatic N) is 2. The van der Waals surface area contributed by atoms with Crippen LogP contribution in [0, 0.1) is 11.8 Å². The third kappa shape index (κ3) is 5.54. The summed E-state index contributed by atoms with van der Waals surface area (Å²) in [5.41, 5.74) is 2.53. The van der Waals surface area contributed by atoms with Gasteiger partial charge in [0.2, 0.25) is 0 Å². The summed E-state index contributed by atoms with van der Waals surface area (Å²) in [7, 11) is 0. The number of hydrogen-bond donors (Lipinski definition) is 0. The highest BCUT2D eigenvalue weighted by atomic mass is 15.1. The van der Waals surface area contributed by atoms with Crippen LogP contribution >= 0.6 is 0 Å². The normalized spacial score (nSPS) is 29.6. The molecule has 2 fully saturated rings. The summed E-state index contributed by atoms with van der Waals surface area (Å²) in [6, 6.07) is 4.61. The molecular weight excluding hydrogens is 316 g/mol. The van der Waals surface area contributed by atoms with Crippen LogP contribution in [0.1, 0.15) is 127 Å². The Labute approximate surface area is 161 Å². The van der Waals surface area contributed by atoms with E-state index in [-0.39, 0.29) is 0 Å².